The molecule has 6 nitrogen and oxygen atoms in total. The average molecular weight is 439 g/mol. The number of nitro benzene ring substituents is 1. The Balaban J connectivity index is 2.30. The van der Waals surface area contributed by atoms with Gasteiger partial charge in [-0.2, -0.15) is 18.3 Å². The summed E-state index contributed by atoms with van der Waals surface area (Å²) >= 11 is 8.95. The number of halogens is 5. The van der Waals surface area contributed by atoms with Crippen LogP contribution in [0.3, 0.4) is 0 Å². The first-order valence-electron chi connectivity index (χ1n) is 6.42. The van der Waals surface area contributed by atoms with E-state index in [1.54, 1.807) is 0 Å². The van der Waals surface area contributed by atoms with Crippen LogP contribution in [0.2, 0.25) is 5.02 Å². The van der Waals surface area contributed by atoms with E-state index in [1.807, 2.05) is 0 Å². The summed E-state index contributed by atoms with van der Waals surface area (Å²) in [5.74, 6) is -0.266. The highest BCUT2D eigenvalue weighted by molar-refractivity contribution is 9.10. The van der Waals surface area contributed by atoms with Gasteiger partial charge in [-0.3, -0.25) is 15.5 Å². The monoisotopic (exact) mass is 437 g/mol. The summed E-state index contributed by atoms with van der Waals surface area (Å²) < 4.78 is 38.5. The van der Waals surface area contributed by atoms with Crippen LogP contribution in [0.5, 0.6) is 5.75 Å². The Morgan fingerprint density at radius 3 is 2.60 bits per heavy atom. The molecule has 0 unspecified atom stereocenters. The van der Waals surface area contributed by atoms with Gasteiger partial charge in [-0.05, 0) is 24.3 Å². The van der Waals surface area contributed by atoms with E-state index < -0.39 is 22.4 Å². The number of aromatic hydroxyl groups is 1. The summed E-state index contributed by atoms with van der Waals surface area (Å²) in [6.07, 6.45) is -3.58. The van der Waals surface area contributed by atoms with Gasteiger partial charge < -0.3 is 5.11 Å². The van der Waals surface area contributed by atoms with Crippen LogP contribution in [0, 0.1) is 10.1 Å². The quantitative estimate of drug-likeness (QED) is 0.391. The van der Waals surface area contributed by atoms with Gasteiger partial charge in [-0.1, -0.05) is 27.5 Å². The highest BCUT2D eigenvalue weighted by Crippen LogP contribution is 2.35. The number of alkyl halides is 3. The van der Waals surface area contributed by atoms with Crippen molar-refractivity contribution in [1.29, 1.82) is 0 Å². The Hall–Kier alpha value is -2.33. The molecule has 0 atom stereocenters. The van der Waals surface area contributed by atoms with Crippen molar-refractivity contribution in [3.05, 3.63) is 61.1 Å². The molecule has 0 bridgehead atoms. The van der Waals surface area contributed by atoms with Gasteiger partial charge in [-0.15, -0.1) is 0 Å². The number of anilines is 1. The number of hydrazone groups is 1. The molecule has 0 fully saturated rings. The highest BCUT2D eigenvalue weighted by atomic mass is 79.9. The lowest BCUT2D eigenvalue weighted by Gasteiger charge is -2.08. The van der Waals surface area contributed by atoms with E-state index in [9.17, 15) is 28.4 Å². The number of hydrogen-bond acceptors (Lipinski definition) is 5. The minimum absolute atomic E-state index is 0.0522. The van der Waals surface area contributed by atoms with Crippen LogP contribution < -0.4 is 5.43 Å². The number of nitrogens with zero attached hydrogens (tertiary/aromatic N) is 2. The maximum atomic E-state index is 12.6. The number of phenols is 1. The van der Waals surface area contributed by atoms with E-state index in [4.69, 9.17) is 11.6 Å². The predicted molar refractivity (Wildman–Crippen MR) is 90.1 cm³/mol. The number of benzene rings is 2. The van der Waals surface area contributed by atoms with Crippen molar-refractivity contribution in [3.8, 4) is 5.75 Å². The molecule has 132 valence electrons. The third-order valence-electron chi connectivity index (χ3n) is 2.97. The van der Waals surface area contributed by atoms with Gasteiger partial charge in [0.2, 0.25) is 0 Å². The van der Waals surface area contributed by atoms with Gasteiger partial charge in [0.1, 0.15) is 11.4 Å². The first kappa shape index (κ1) is 19.0. The van der Waals surface area contributed by atoms with Crippen molar-refractivity contribution in [2.24, 2.45) is 5.10 Å². The van der Waals surface area contributed by atoms with E-state index in [1.165, 1.54) is 12.1 Å². The van der Waals surface area contributed by atoms with E-state index in [0.29, 0.717) is 16.6 Å². The van der Waals surface area contributed by atoms with Crippen molar-refractivity contribution in [1.82, 2.24) is 0 Å². The molecule has 0 aliphatic carbocycles. The molecular weight excluding hydrogens is 431 g/mol. The highest BCUT2D eigenvalue weighted by Gasteiger charge is 2.33. The molecule has 0 radical (unpaired) electrons. The zero-order valence-electron chi connectivity index (χ0n) is 12.0. The minimum atomic E-state index is -4.70. The maximum Gasteiger partial charge on any atom is 0.416 e. The predicted octanol–water partition coefficient (Wildman–Crippen LogP) is 5.18. The van der Waals surface area contributed by atoms with E-state index in [0.717, 1.165) is 12.3 Å². The zero-order chi connectivity index (χ0) is 18.8. The molecule has 2 aromatic carbocycles. The van der Waals surface area contributed by atoms with Crippen LogP contribution in [-0.4, -0.2) is 16.2 Å². The van der Waals surface area contributed by atoms with E-state index in [2.05, 4.69) is 26.5 Å². The minimum Gasteiger partial charge on any atom is -0.506 e. The molecule has 0 aromatic heterocycles. The van der Waals surface area contributed by atoms with Crippen molar-refractivity contribution in [2.45, 2.75) is 6.18 Å². The van der Waals surface area contributed by atoms with Crippen molar-refractivity contribution < 1.29 is 23.2 Å². The van der Waals surface area contributed by atoms with Gasteiger partial charge in [0.25, 0.3) is 5.69 Å². The molecule has 25 heavy (non-hydrogen) atoms. The Bertz CT molecular complexity index is 859. The van der Waals surface area contributed by atoms with Gasteiger partial charge >= 0.3 is 6.18 Å². The Morgan fingerprint density at radius 1 is 1.32 bits per heavy atom. The lowest BCUT2D eigenvalue weighted by atomic mass is 10.1. The summed E-state index contributed by atoms with van der Waals surface area (Å²) in [5, 5.41) is 24.5. The number of hydrogen-bond donors (Lipinski definition) is 2. The van der Waals surface area contributed by atoms with Gasteiger partial charge in [0, 0.05) is 16.1 Å². The summed E-state index contributed by atoms with van der Waals surface area (Å²) in [5.41, 5.74) is 0.297. The van der Waals surface area contributed by atoms with E-state index >= 15 is 0 Å². The molecule has 0 aliphatic rings. The van der Waals surface area contributed by atoms with Gasteiger partial charge in [-0.25, -0.2) is 0 Å². The standard InChI is InChI=1S/C14H8BrClF3N3O3/c15-9-3-7(13(23)10(16)5-9)6-20-21-11-2-1-8(14(17,18)19)4-12(11)22(24)25/h1-6,21,23H. The normalized spacial score (nSPS) is 11.7. The average Bonchev–Trinajstić information content (AvgIpc) is 2.50. The summed E-state index contributed by atoms with van der Waals surface area (Å²) in [6.45, 7) is 0. The fraction of sp³-hybridized carbons (Fsp3) is 0.0714. The largest absolute Gasteiger partial charge is 0.506 e. The van der Waals surface area contributed by atoms with Gasteiger partial charge in [0.05, 0.1) is 21.7 Å². The molecular formula is C14H8BrClF3N3O3. The maximum absolute atomic E-state index is 12.6. The van der Waals surface area contributed by atoms with Crippen LogP contribution in [-0.2, 0) is 6.18 Å². The molecule has 0 saturated heterocycles. The first-order chi connectivity index (χ1) is 11.6. The summed E-state index contributed by atoms with van der Waals surface area (Å²) in [4.78, 5) is 10.0. The third kappa shape index (κ3) is 4.60. The van der Waals surface area contributed by atoms with E-state index in [-0.39, 0.29) is 22.0 Å². The second kappa shape index (κ2) is 7.28. The fourth-order valence-electron chi connectivity index (χ4n) is 1.81. The zero-order valence-corrected chi connectivity index (χ0v) is 14.4. The number of nitrogens with one attached hydrogen (secondary N) is 1. The molecule has 0 aliphatic heterocycles. The Morgan fingerprint density at radius 2 is 2.00 bits per heavy atom. The SMILES string of the molecule is O=[N+]([O-])c1cc(C(F)(F)F)ccc1NN=Cc1cc(Br)cc(Cl)c1O. The van der Waals surface area contributed by atoms with Crippen LogP contribution >= 0.6 is 27.5 Å². The fourth-order valence-corrected chi connectivity index (χ4v) is 2.64. The van der Waals surface area contributed by atoms with Crippen LogP contribution in [0.25, 0.3) is 0 Å². The molecule has 2 rings (SSSR count). The van der Waals surface area contributed by atoms with Crippen molar-refractivity contribution in [3.63, 3.8) is 0 Å². The summed E-state index contributed by atoms with van der Waals surface area (Å²) in [7, 11) is 0. The third-order valence-corrected chi connectivity index (χ3v) is 3.71. The summed E-state index contributed by atoms with van der Waals surface area (Å²) in [6, 6.07) is 4.92. The topological polar surface area (TPSA) is 87.8 Å². The molecule has 0 spiro atoms. The van der Waals surface area contributed by atoms with Crippen molar-refractivity contribution >= 4 is 45.1 Å². The van der Waals surface area contributed by atoms with Crippen LogP contribution in [0.15, 0.2) is 39.9 Å². The number of phenolic OH excluding ortho intramolecular Hbond substituents is 1. The second-order valence-electron chi connectivity index (χ2n) is 4.68. The molecule has 0 heterocycles. The smallest absolute Gasteiger partial charge is 0.416 e. The number of nitro groups is 1. The molecule has 11 heteroatoms. The molecule has 0 saturated carbocycles. The van der Waals surface area contributed by atoms with Crippen LogP contribution in [0.4, 0.5) is 24.5 Å². The lowest BCUT2D eigenvalue weighted by Crippen LogP contribution is -2.06. The van der Waals surface area contributed by atoms with Gasteiger partial charge in [0.15, 0.2) is 0 Å². The Kier molecular flexibility index (Phi) is 5.53. The molecule has 2 aromatic rings. The van der Waals surface area contributed by atoms with Crippen LogP contribution in [0.1, 0.15) is 11.1 Å². The second-order valence-corrected chi connectivity index (χ2v) is 6.01. The lowest BCUT2D eigenvalue weighted by molar-refractivity contribution is -0.384. The number of rotatable bonds is 4. The first-order valence-corrected chi connectivity index (χ1v) is 7.59. The molecule has 2 N–H and O–H groups in total. The molecule has 0 amide bonds. The Labute approximate surface area is 152 Å². The van der Waals surface area contributed by atoms with Crippen molar-refractivity contribution in [2.75, 3.05) is 5.43 Å².